The van der Waals surface area contributed by atoms with E-state index < -0.39 is 6.04 Å². The Morgan fingerprint density at radius 3 is 3.00 bits per heavy atom. The minimum Gasteiger partial charge on any atom is -0.314 e. The Balaban J connectivity index is 2.72. The predicted molar refractivity (Wildman–Crippen MR) is 45.6 cm³/mol. The van der Waals surface area contributed by atoms with E-state index in [-0.39, 0.29) is 0 Å². The van der Waals surface area contributed by atoms with Crippen LogP contribution in [0.15, 0.2) is 6.20 Å². The molecule has 12 heavy (non-hydrogen) atoms. The zero-order chi connectivity index (χ0) is 9.14. The van der Waals surface area contributed by atoms with Gasteiger partial charge in [0.15, 0.2) is 0 Å². The highest BCUT2D eigenvalue weighted by Gasteiger charge is 2.05. The molecule has 1 aromatic heterocycles. The molecular formula is C7H9ClN4. The van der Waals surface area contributed by atoms with Gasteiger partial charge in [-0.1, -0.05) is 11.6 Å². The molecule has 5 heteroatoms. The monoisotopic (exact) mass is 184 g/mol. The van der Waals surface area contributed by atoms with Gasteiger partial charge in [-0.15, -0.1) is 0 Å². The van der Waals surface area contributed by atoms with Gasteiger partial charge in [0, 0.05) is 6.20 Å². The van der Waals surface area contributed by atoms with Crippen LogP contribution in [0.1, 0.15) is 5.69 Å². The van der Waals surface area contributed by atoms with Gasteiger partial charge in [-0.2, -0.15) is 10.4 Å². The molecule has 1 unspecified atom stereocenters. The molecule has 0 aliphatic carbocycles. The maximum atomic E-state index is 8.42. The Morgan fingerprint density at radius 1 is 1.92 bits per heavy atom. The van der Waals surface area contributed by atoms with Crippen molar-refractivity contribution < 1.29 is 0 Å². The van der Waals surface area contributed by atoms with E-state index in [1.165, 1.54) is 0 Å². The summed E-state index contributed by atoms with van der Waals surface area (Å²) < 4.78 is 1.57. The van der Waals surface area contributed by atoms with Crippen LogP contribution in [0.5, 0.6) is 0 Å². The van der Waals surface area contributed by atoms with Gasteiger partial charge in [0.1, 0.15) is 6.04 Å². The van der Waals surface area contributed by atoms with Crippen LogP contribution in [0, 0.1) is 18.3 Å². The number of aromatic nitrogens is 2. The standard InChI is InChI=1S/C7H9ClN4/c1-5-7(8)4-12(11-5)3-6(10)2-9/h4,6H,3,10H2,1H3. The first-order valence-electron chi connectivity index (χ1n) is 3.48. The molecule has 1 rings (SSSR count). The molecule has 0 radical (unpaired) electrons. The van der Waals surface area contributed by atoms with Gasteiger partial charge in [-0.3, -0.25) is 4.68 Å². The fourth-order valence-corrected chi connectivity index (χ4v) is 0.980. The molecule has 0 spiro atoms. The van der Waals surface area contributed by atoms with E-state index in [1.54, 1.807) is 17.8 Å². The summed E-state index contributed by atoms with van der Waals surface area (Å²) >= 11 is 5.75. The molecule has 0 saturated carbocycles. The lowest BCUT2D eigenvalue weighted by Crippen LogP contribution is -2.24. The maximum absolute atomic E-state index is 8.42. The van der Waals surface area contributed by atoms with Gasteiger partial charge >= 0.3 is 0 Å². The largest absolute Gasteiger partial charge is 0.314 e. The molecule has 0 amide bonds. The van der Waals surface area contributed by atoms with Gasteiger partial charge in [0.2, 0.25) is 0 Å². The first-order valence-corrected chi connectivity index (χ1v) is 3.86. The van der Waals surface area contributed by atoms with Crippen molar-refractivity contribution in [2.45, 2.75) is 19.5 Å². The highest BCUT2D eigenvalue weighted by atomic mass is 35.5. The predicted octanol–water partition coefficient (Wildman–Crippen LogP) is 0.696. The number of rotatable bonds is 2. The second kappa shape index (κ2) is 3.57. The molecule has 0 saturated heterocycles. The van der Waals surface area contributed by atoms with Crippen LogP contribution in [0.3, 0.4) is 0 Å². The Bertz CT molecular complexity index is 292. The quantitative estimate of drug-likeness (QED) is 0.736. The van der Waals surface area contributed by atoms with Crippen molar-refractivity contribution in [2.24, 2.45) is 5.73 Å². The Labute approximate surface area is 75.5 Å². The average Bonchev–Trinajstić information content (AvgIpc) is 2.31. The van der Waals surface area contributed by atoms with Crippen molar-refractivity contribution in [2.75, 3.05) is 0 Å². The number of nitriles is 1. The third-order valence-corrected chi connectivity index (χ3v) is 1.81. The van der Waals surface area contributed by atoms with Crippen LogP contribution in [0.2, 0.25) is 5.02 Å². The molecule has 0 aliphatic heterocycles. The molecule has 64 valence electrons. The first-order chi connectivity index (χ1) is 5.63. The number of hydrogen-bond acceptors (Lipinski definition) is 3. The maximum Gasteiger partial charge on any atom is 0.113 e. The van der Waals surface area contributed by atoms with E-state index >= 15 is 0 Å². The minimum atomic E-state index is -0.527. The normalized spacial score (nSPS) is 12.5. The van der Waals surface area contributed by atoms with Crippen LogP contribution in [-0.4, -0.2) is 15.8 Å². The number of nitrogens with zero attached hydrogens (tertiary/aromatic N) is 3. The van der Waals surface area contributed by atoms with E-state index in [2.05, 4.69) is 5.10 Å². The van der Waals surface area contributed by atoms with E-state index in [1.807, 2.05) is 6.07 Å². The fraction of sp³-hybridized carbons (Fsp3) is 0.429. The Kier molecular flexibility index (Phi) is 2.69. The van der Waals surface area contributed by atoms with E-state index in [9.17, 15) is 0 Å². The summed E-state index contributed by atoms with van der Waals surface area (Å²) in [6.07, 6.45) is 1.66. The third-order valence-electron chi connectivity index (χ3n) is 1.44. The van der Waals surface area contributed by atoms with Crippen LogP contribution in [0.25, 0.3) is 0 Å². The number of aryl methyl sites for hydroxylation is 1. The lowest BCUT2D eigenvalue weighted by Gasteiger charge is -2.00. The van der Waals surface area contributed by atoms with E-state index in [0.29, 0.717) is 11.6 Å². The molecule has 4 nitrogen and oxygen atoms in total. The Morgan fingerprint density at radius 2 is 2.58 bits per heavy atom. The highest BCUT2D eigenvalue weighted by Crippen LogP contribution is 2.11. The summed E-state index contributed by atoms with van der Waals surface area (Å²) in [4.78, 5) is 0. The average molecular weight is 185 g/mol. The zero-order valence-corrected chi connectivity index (χ0v) is 7.41. The van der Waals surface area contributed by atoms with E-state index in [0.717, 1.165) is 5.69 Å². The molecule has 1 heterocycles. The SMILES string of the molecule is Cc1nn(CC(N)C#N)cc1Cl. The second-order valence-corrected chi connectivity index (χ2v) is 2.93. The van der Waals surface area contributed by atoms with Crippen molar-refractivity contribution in [3.8, 4) is 6.07 Å². The smallest absolute Gasteiger partial charge is 0.113 e. The lowest BCUT2D eigenvalue weighted by molar-refractivity contribution is 0.571. The topological polar surface area (TPSA) is 67.6 Å². The number of nitrogens with two attached hydrogens (primary N) is 1. The van der Waals surface area contributed by atoms with Crippen molar-refractivity contribution in [1.82, 2.24) is 9.78 Å². The summed E-state index contributed by atoms with van der Waals surface area (Å²) in [6.45, 7) is 2.18. The van der Waals surface area contributed by atoms with Crippen LogP contribution in [-0.2, 0) is 6.54 Å². The van der Waals surface area contributed by atoms with Crippen LogP contribution >= 0.6 is 11.6 Å². The van der Waals surface area contributed by atoms with Crippen molar-refractivity contribution in [3.05, 3.63) is 16.9 Å². The molecule has 2 N–H and O–H groups in total. The number of hydrogen-bond donors (Lipinski definition) is 1. The van der Waals surface area contributed by atoms with Crippen LogP contribution in [0.4, 0.5) is 0 Å². The molecule has 1 aromatic rings. The molecular weight excluding hydrogens is 176 g/mol. The highest BCUT2D eigenvalue weighted by molar-refractivity contribution is 6.31. The summed E-state index contributed by atoms with van der Waals surface area (Å²) in [5.74, 6) is 0. The van der Waals surface area contributed by atoms with Gasteiger partial charge in [-0.05, 0) is 6.92 Å². The first kappa shape index (κ1) is 9.04. The van der Waals surface area contributed by atoms with Crippen molar-refractivity contribution in [1.29, 1.82) is 5.26 Å². The minimum absolute atomic E-state index is 0.379. The summed E-state index contributed by atoms with van der Waals surface area (Å²) in [5.41, 5.74) is 6.15. The molecule has 1 atom stereocenters. The lowest BCUT2D eigenvalue weighted by atomic mass is 10.3. The van der Waals surface area contributed by atoms with Crippen molar-refractivity contribution in [3.63, 3.8) is 0 Å². The third kappa shape index (κ3) is 1.97. The molecule has 0 aromatic carbocycles. The number of halogens is 1. The fourth-order valence-electron chi connectivity index (χ4n) is 0.829. The van der Waals surface area contributed by atoms with Crippen LogP contribution < -0.4 is 5.73 Å². The van der Waals surface area contributed by atoms with Gasteiger partial charge < -0.3 is 5.73 Å². The Hall–Kier alpha value is -1.05. The van der Waals surface area contributed by atoms with Gasteiger partial charge in [-0.25, -0.2) is 0 Å². The van der Waals surface area contributed by atoms with Crippen molar-refractivity contribution >= 4 is 11.6 Å². The zero-order valence-electron chi connectivity index (χ0n) is 6.66. The molecule has 0 bridgehead atoms. The summed E-state index contributed by atoms with van der Waals surface area (Å²) in [5, 5.41) is 13.1. The summed E-state index contributed by atoms with van der Waals surface area (Å²) in [6, 6.07) is 1.39. The van der Waals surface area contributed by atoms with Gasteiger partial charge in [0.05, 0.1) is 23.3 Å². The molecule has 0 aliphatic rings. The second-order valence-electron chi connectivity index (χ2n) is 2.52. The van der Waals surface area contributed by atoms with Gasteiger partial charge in [0.25, 0.3) is 0 Å². The molecule has 0 fully saturated rings. The van der Waals surface area contributed by atoms with E-state index in [4.69, 9.17) is 22.6 Å². The summed E-state index contributed by atoms with van der Waals surface area (Å²) in [7, 11) is 0.